The molecule has 4 nitrogen and oxygen atoms in total. The van der Waals surface area contributed by atoms with Gasteiger partial charge < -0.3 is 5.32 Å². The minimum absolute atomic E-state index is 0.682. The second kappa shape index (κ2) is 7.55. The van der Waals surface area contributed by atoms with Gasteiger partial charge in [-0.2, -0.15) is 0 Å². The minimum atomic E-state index is 0.682. The van der Waals surface area contributed by atoms with Crippen LogP contribution in [0.3, 0.4) is 0 Å². The first kappa shape index (κ1) is 12.7. The molecule has 0 aliphatic heterocycles. The number of nitrogens with zero attached hydrogens (tertiary/aromatic N) is 3. The summed E-state index contributed by atoms with van der Waals surface area (Å²) >= 11 is 0. The number of pyridine rings is 3. The van der Waals surface area contributed by atoms with Crippen LogP contribution in [0.5, 0.6) is 0 Å². The van der Waals surface area contributed by atoms with Crippen molar-refractivity contribution in [2.45, 2.75) is 0 Å². The maximum Gasteiger partial charge on any atom is 0.139 e. The lowest BCUT2D eigenvalue weighted by Gasteiger charge is -2.01. The fraction of sp³-hybridized carbons (Fsp3) is 0. The fourth-order valence-electron chi connectivity index (χ4n) is 1.23. The second-order valence-electron chi connectivity index (χ2n) is 3.42. The van der Waals surface area contributed by atoms with Gasteiger partial charge in [0.15, 0.2) is 0 Å². The van der Waals surface area contributed by atoms with Crippen molar-refractivity contribution in [2.75, 3.05) is 5.32 Å². The molecule has 0 fully saturated rings. The highest BCUT2D eigenvalue weighted by molar-refractivity contribution is 5.49. The molecule has 0 spiro atoms. The van der Waals surface area contributed by atoms with E-state index in [4.69, 9.17) is 0 Å². The highest BCUT2D eigenvalue weighted by atomic mass is 15.0. The third-order valence-corrected chi connectivity index (χ3v) is 2.03. The van der Waals surface area contributed by atoms with Crippen molar-refractivity contribution < 1.29 is 0 Å². The highest BCUT2D eigenvalue weighted by Crippen LogP contribution is 2.08. The van der Waals surface area contributed by atoms with E-state index < -0.39 is 0 Å². The Hall–Kier alpha value is -2.75. The van der Waals surface area contributed by atoms with Crippen LogP contribution in [0, 0.1) is 12.1 Å². The standard InChI is InChI=1S/C10H8N3.C5H4N/c1-3-7-11-9(5-1)13-10-6-2-4-8-12-10;1-2-4-6-5-3-1/h1-5,7-8H,(H,11,12,13);1-2,4-5H. The van der Waals surface area contributed by atoms with Crippen LogP contribution < -0.4 is 5.32 Å². The molecular weight excluding hydrogens is 236 g/mol. The van der Waals surface area contributed by atoms with Gasteiger partial charge in [-0.25, -0.2) is 9.97 Å². The number of aromatic nitrogens is 3. The van der Waals surface area contributed by atoms with E-state index in [1.165, 1.54) is 0 Å². The lowest BCUT2D eigenvalue weighted by molar-refractivity contribution is 1.25. The molecule has 3 aromatic heterocycles. The minimum Gasteiger partial charge on any atom is -0.324 e. The van der Waals surface area contributed by atoms with Gasteiger partial charge in [0, 0.05) is 36.9 Å². The largest absolute Gasteiger partial charge is 0.324 e. The smallest absolute Gasteiger partial charge is 0.139 e. The molecule has 0 aliphatic rings. The average Bonchev–Trinajstić information content (AvgIpc) is 2.52. The molecule has 0 saturated heterocycles. The molecule has 0 unspecified atom stereocenters. The van der Waals surface area contributed by atoms with E-state index in [-0.39, 0.29) is 0 Å². The quantitative estimate of drug-likeness (QED) is 0.757. The zero-order valence-corrected chi connectivity index (χ0v) is 10.2. The molecule has 3 rings (SSSR count). The first-order valence-electron chi connectivity index (χ1n) is 5.72. The van der Waals surface area contributed by atoms with Crippen LogP contribution in [0.4, 0.5) is 11.6 Å². The third-order valence-electron chi connectivity index (χ3n) is 2.03. The maximum absolute atomic E-state index is 4.10. The summed E-state index contributed by atoms with van der Waals surface area (Å²) in [5.41, 5.74) is 0. The van der Waals surface area contributed by atoms with Crippen LogP contribution >= 0.6 is 0 Å². The van der Waals surface area contributed by atoms with Gasteiger partial charge in [0.25, 0.3) is 0 Å². The summed E-state index contributed by atoms with van der Waals surface area (Å²) in [6, 6.07) is 18.7. The summed E-state index contributed by atoms with van der Waals surface area (Å²) in [7, 11) is 0. The second-order valence-corrected chi connectivity index (χ2v) is 3.42. The van der Waals surface area contributed by atoms with E-state index in [0.29, 0.717) is 5.82 Å². The molecule has 3 heterocycles. The van der Waals surface area contributed by atoms with Crippen molar-refractivity contribution in [2.24, 2.45) is 0 Å². The zero-order valence-electron chi connectivity index (χ0n) is 10.2. The topological polar surface area (TPSA) is 50.7 Å². The zero-order chi connectivity index (χ0) is 13.2. The SMILES string of the molecule is [c]1cccnc1.[c]1cccnc1Nc1ccccn1. The Morgan fingerprint density at radius 3 is 2.32 bits per heavy atom. The number of hydrogen-bond donors (Lipinski definition) is 1. The summed E-state index contributed by atoms with van der Waals surface area (Å²) in [6.07, 6.45) is 6.78. The predicted molar refractivity (Wildman–Crippen MR) is 73.7 cm³/mol. The summed E-state index contributed by atoms with van der Waals surface area (Å²) in [4.78, 5) is 11.9. The number of hydrogen-bond acceptors (Lipinski definition) is 4. The first-order valence-corrected chi connectivity index (χ1v) is 5.72. The number of nitrogens with one attached hydrogen (secondary N) is 1. The summed E-state index contributed by atoms with van der Waals surface area (Å²) in [5, 5.41) is 3.03. The van der Waals surface area contributed by atoms with Gasteiger partial charge in [-0.05, 0) is 30.3 Å². The molecule has 0 aromatic carbocycles. The molecule has 19 heavy (non-hydrogen) atoms. The Balaban J connectivity index is 0.000000186. The number of anilines is 2. The van der Waals surface area contributed by atoms with E-state index >= 15 is 0 Å². The Morgan fingerprint density at radius 2 is 1.79 bits per heavy atom. The predicted octanol–water partition coefficient (Wildman–Crippen LogP) is 2.90. The monoisotopic (exact) mass is 248 g/mol. The van der Waals surface area contributed by atoms with Gasteiger partial charge in [0.2, 0.25) is 0 Å². The molecule has 3 aromatic rings. The van der Waals surface area contributed by atoms with Gasteiger partial charge in [-0.15, -0.1) is 0 Å². The lowest BCUT2D eigenvalue weighted by Crippen LogP contribution is -1.94. The van der Waals surface area contributed by atoms with Crippen LogP contribution in [0.2, 0.25) is 0 Å². The van der Waals surface area contributed by atoms with Gasteiger partial charge >= 0.3 is 0 Å². The van der Waals surface area contributed by atoms with Crippen LogP contribution in [0.1, 0.15) is 0 Å². The number of rotatable bonds is 2. The molecule has 4 heteroatoms. The molecule has 0 atom stereocenters. The van der Waals surface area contributed by atoms with E-state index in [2.05, 4.69) is 32.4 Å². The third kappa shape index (κ3) is 4.95. The van der Waals surface area contributed by atoms with Crippen molar-refractivity contribution in [1.82, 2.24) is 15.0 Å². The maximum atomic E-state index is 4.10. The molecule has 92 valence electrons. The Labute approximate surface area is 112 Å². The van der Waals surface area contributed by atoms with E-state index in [1.807, 2.05) is 36.4 Å². The van der Waals surface area contributed by atoms with Gasteiger partial charge in [-0.3, -0.25) is 4.98 Å². The molecule has 0 aliphatic carbocycles. The van der Waals surface area contributed by atoms with Crippen molar-refractivity contribution in [1.29, 1.82) is 0 Å². The lowest BCUT2D eigenvalue weighted by atomic mass is 10.4. The summed E-state index contributed by atoms with van der Waals surface area (Å²) in [5.74, 6) is 1.46. The van der Waals surface area contributed by atoms with Crippen molar-refractivity contribution >= 4 is 11.6 Å². The molecule has 1 N–H and O–H groups in total. The Morgan fingerprint density at radius 1 is 0.895 bits per heavy atom. The van der Waals surface area contributed by atoms with Gasteiger partial charge in [0.05, 0.1) is 0 Å². The van der Waals surface area contributed by atoms with E-state index in [0.717, 1.165) is 5.82 Å². The highest BCUT2D eigenvalue weighted by Gasteiger charge is 1.93. The van der Waals surface area contributed by atoms with Gasteiger partial charge in [0.1, 0.15) is 11.6 Å². The van der Waals surface area contributed by atoms with E-state index in [9.17, 15) is 0 Å². The van der Waals surface area contributed by atoms with Crippen molar-refractivity contribution in [3.8, 4) is 0 Å². The van der Waals surface area contributed by atoms with Crippen molar-refractivity contribution in [3.05, 3.63) is 79.4 Å². The Kier molecular flexibility index (Phi) is 5.05. The summed E-state index contributed by atoms with van der Waals surface area (Å²) < 4.78 is 0. The van der Waals surface area contributed by atoms with Gasteiger partial charge in [-0.1, -0.05) is 12.1 Å². The molecule has 0 saturated carbocycles. The summed E-state index contributed by atoms with van der Waals surface area (Å²) in [6.45, 7) is 0. The van der Waals surface area contributed by atoms with Crippen LogP contribution in [0.25, 0.3) is 0 Å². The van der Waals surface area contributed by atoms with Crippen LogP contribution in [-0.2, 0) is 0 Å². The molecule has 0 amide bonds. The van der Waals surface area contributed by atoms with Crippen LogP contribution in [0.15, 0.2) is 67.3 Å². The Bertz CT molecular complexity index is 491. The van der Waals surface area contributed by atoms with Crippen molar-refractivity contribution in [3.63, 3.8) is 0 Å². The molecule has 0 bridgehead atoms. The molecular formula is C15H12N4. The average molecular weight is 248 g/mol. The van der Waals surface area contributed by atoms with E-state index in [1.54, 1.807) is 30.9 Å². The molecule has 2 radical (unpaired) electrons. The first-order chi connectivity index (χ1) is 9.45. The van der Waals surface area contributed by atoms with Crippen LogP contribution in [-0.4, -0.2) is 15.0 Å². The fourth-order valence-corrected chi connectivity index (χ4v) is 1.23. The normalized spacial score (nSPS) is 9.05.